The maximum absolute atomic E-state index is 13.5. The highest BCUT2D eigenvalue weighted by molar-refractivity contribution is 7.90. The normalized spacial score (nSPS) is 13.1. The van der Waals surface area contributed by atoms with Gasteiger partial charge in [-0.25, -0.2) is 17.2 Å². The maximum atomic E-state index is 13.5. The smallest absolute Gasteiger partial charge is 0.282 e. The van der Waals surface area contributed by atoms with E-state index in [0.29, 0.717) is 22.4 Å². The second-order valence-corrected chi connectivity index (χ2v) is 8.27. The quantitative estimate of drug-likeness (QED) is 0.684. The van der Waals surface area contributed by atoms with Gasteiger partial charge < -0.3 is 5.11 Å². The number of aromatic amines is 1. The highest BCUT2D eigenvalue weighted by atomic mass is 32.2. The number of aliphatic hydroxyl groups excluding tert-OH is 1. The number of hydrogen-bond acceptors (Lipinski definition) is 4. The Morgan fingerprint density at radius 2 is 1.56 bits per heavy atom. The van der Waals surface area contributed by atoms with Crippen LogP contribution in [0.15, 0.2) is 53.4 Å². The van der Waals surface area contributed by atoms with Gasteiger partial charge in [0, 0.05) is 17.4 Å². The molecule has 0 aliphatic heterocycles. The summed E-state index contributed by atoms with van der Waals surface area (Å²) in [5, 5.41) is 16.0. The largest absolute Gasteiger partial charge is 0.389 e. The molecule has 1 atom stereocenters. The van der Waals surface area contributed by atoms with Gasteiger partial charge in [0.25, 0.3) is 6.43 Å². The van der Waals surface area contributed by atoms with Gasteiger partial charge in [0.2, 0.25) is 0 Å². The Kier molecular flexibility index (Phi) is 5.12. The maximum Gasteiger partial charge on any atom is 0.282 e. The van der Waals surface area contributed by atoms with E-state index in [2.05, 4.69) is 10.2 Å². The summed E-state index contributed by atoms with van der Waals surface area (Å²) >= 11 is 0. The van der Waals surface area contributed by atoms with E-state index in [1.54, 1.807) is 43.3 Å². The first kappa shape index (κ1) is 19.2. The van der Waals surface area contributed by atoms with Crippen LogP contribution in [-0.2, 0) is 9.84 Å². The van der Waals surface area contributed by atoms with Crippen molar-refractivity contribution in [3.05, 3.63) is 59.8 Å². The van der Waals surface area contributed by atoms with E-state index in [9.17, 15) is 22.3 Å². The van der Waals surface area contributed by atoms with Crippen molar-refractivity contribution in [3.63, 3.8) is 0 Å². The SMILES string of the molecule is CC(O)c1ccc(-c2c(C(F)F)n[nH]c2-c2ccc(S(C)(=O)=O)cc2)cc1. The van der Waals surface area contributed by atoms with Crippen LogP contribution in [0.1, 0.15) is 30.7 Å². The van der Waals surface area contributed by atoms with Crippen molar-refractivity contribution < 1.29 is 22.3 Å². The molecule has 0 amide bonds. The average Bonchev–Trinajstić information content (AvgIpc) is 3.06. The number of hydrogen-bond donors (Lipinski definition) is 2. The fourth-order valence-corrected chi connectivity index (χ4v) is 3.44. The van der Waals surface area contributed by atoms with Crippen molar-refractivity contribution in [1.82, 2.24) is 10.2 Å². The molecule has 3 rings (SSSR count). The molecule has 0 radical (unpaired) electrons. The van der Waals surface area contributed by atoms with Crippen LogP contribution in [-0.4, -0.2) is 30.0 Å². The van der Waals surface area contributed by atoms with Gasteiger partial charge in [-0.2, -0.15) is 5.10 Å². The van der Waals surface area contributed by atoms with Crippen LogP contribution in [0, 0.1) is 0 Å². The first-order valence-corrected chi connectivity index (χ1v) is 10.0. The van der Waals surface area contributed by atoms with E-state index in [0.717, 1.165) is 6.26 Å². The molecule has 2 N–H and O–H groups in total. The minimum atomic E-state index is -3.35. The first-order chi connectivity index (χ1) is 12.7. The van der Waals surface area contributed by atoms with Crippen molar-refractivity contribution >= 4 is 9.84 Å². The summed E-state index contributed by atoms with van der Waals surface area (Å²) in [5.41, 5.74) is 1.95. The number of alkyl halides is 2. The molecular weight excluding hydrogens is 374 g/mol. The Bertz CT molecular complexity index is 1040. The fraction of sp³-hybridized carbons (Fsp3) is 0.211. The van der Waals surface area contributed by atoms with Crippen molar-refractivity contribution in [3.8, 4) is 22.4 Å². The number of sulfone groups is 1. The molecule has 0 aliphatic carbocycles. The zero-order chi connectivity index (χ0) is 19.8. The molecular formula is C19H18F2N2O3S. The number of rotatable bonds is 5. The molecule has 142 valence electrons. The van der Waals surface area contributed by atoms with Gasteiger partial charge in [-0.05, 0) is 30.2 Å². The topological polar surface area (TPSA) is 83.1 Å². The molecule has 1 aromatic heterocycles. The minimum absolute atomic E-state index is 0.141. The number of nitrogens with zero attached hydrogens (tertiary/aromatic N) is 1. The predicted molar refractivity (Wildman–Crippen MR) is 98.2 cm³/mol. The lowest BCUT2D eigenvalue weighted by atomic mass is 9.97. The third-order valence-corrected chi connectivity index (χ3v) is 5.38. The number of halogens is 2. The van der Waals surface area contributed by atoms with Crippen LogP contribution < -0.4 is 0 Å². The molecule has 2 aromatic carbocycles. The molecule has 8 heteroatoms. The van der Waals surface area contributed by atoms with Crippen molar-refractivity contribution in [2.75, 3.05) is 6.26 Å². The second-order valence-electron chi connectivity index (χ2n) is 6.25. The van der Waals surface area contributed by atoms with Crippen molar-refractivity contribution in [2.45, 2.75) is 24.3 Å². The number of benzene rings is 2. The minimum Gasteiger partial charge on any atom is -0.389 e. The predicted octanol–water partition coefficient (Wildman–Crippen LogP) is 4.14. The Hall–Kier alpha value is -2.58. The Labute approximate surface area is 155 Å². The van der Waals surface area contributed by atoms with Crippen LogP contribution in [0.5, 0.6) is 0 Å². The fourth-order valence-electron chi connectivity index (χ4n) is 2.81. The summed E-state index contributed by atoms with van der Waals surface area (Å²) in [4.78, 5) is 0.141. The van der Waals surface area contributed by atoms with Gasteiger partial charge in [0.15, 0.2) is 9.84 Å². The lowest BCUT2D eigenvalue weighted by Gasteiger charge is -2.09. The molecule has 1 unspecified atom stereocenters. The zero-order valence-electron chi connectivity index (χ0n) is 14.6. The van der Waals surface area contributed by atoms with Crippen molar-refractivity contribution in [2.24, 2.45) is 0 Å². The molecule has 0 bridgehead atoms. The summed E-state index contributed by atoms with van der Waals surface area (Å²) in [7, 11) is -3.35. The summed E-state index contributed by atoms with van der Waals surface area (Å²) in [5.74, 6) is 0. The summed E-state index contributed by atoms with van der Waals surface area (Å²) < 4.78 is 50.2. The van der Waals surface area contributed by atoms with Gasteiger partial charge in [-0.15, -0.1) is 0 Å². The Balaban J connectivity index is 2.12. The van der Waals surface area contributed by atoms with Crippen molar-refractivity contribution in [1.29, 1.82) is 0 Å². The molecule has 0 fully saturated rings. The molecule has 1 heterocycles. The molecule has 0 saturated heterocycles. The lowest BCUT2D eigenvalue weighted by molar-refractivity contribution is 0.146. The highest BCUT2D eigenvalue weighted by Gasteiger charge is 2.23. The standard InChI is InChI=1S/C19H18F2N2O3S/c1-11(24)12-3-5-13(6-4-12)16-17(22-23-18(16)19(20)21)14-7-9-15(10-8-14)27(2,25)26/h3-11,19,24H,1-2H3,(H,22,23). The van der Waals surface area contributed by atoms with Crippen LogP contribution in [0.4, 0.5) is 8.78 Å². The van der Waals surface area contributed by atoms with Crippen LogP contribution in [0.3, 0.4) is 0 Å². The van der Waals surface area contributed by atoms with Crippen LogP contribution in [0.25, 0.3) is 22.4 Å². The molecule has 27 heavy (non-hydrogen) atoms. The first-order valence-electron chi connectivity index (χ1n) is 8.13. The van der Waals surface area contributed by atoms with E-state index in [-0.39, 0.29) is 16.2 Å². The molecule has 0 saturated carbocycles. The number of aromatic nitrogens is 2. The molecule has 0 spiro atoms. The number of nitrogens with one attached hydrogen (secondary N) is 1. The van der Waals surface area contributed by atoms with Gasteiger partial charge in [0.1, 0.15) is 5.69 Å². The third-order valence-electron chi connectivity index (χ3n) is 4.25. The van der Waals surface area contributed by atoms with E-state index in [4.69, 9.17) is 0 Å². The van der Waals surface area contributed by atoms with Gasteiger partial charge >= 0.3 is 0 Å². The monoisotopic (exact) mass is 392 g/mol. The lowest BCUT2D eigenvalue weighted by Crippen LogP contribution is -1.96. The second kappa shape index (κ2) is 7.21. The molecule has 0 aliphatic rings. The summed E-state index contributed by atoms with van der Waals surface area (Å²) in [6, 6.07) is 12.6. The molecule has 3 aromatic rings. The summed E-state index contributed by atoms with van der Waals surface area (Å²) in [6.45, 7) is 1.62. The van der Waals surface area contributed by atoms with Gasteiger partial charge in [-0.1, -0.05) is 36.4 Å². The number of aliphatic hydroxyl groups is 1. The Morgan fingerprint density at radius 3 is 2.04 bits per heavy atom. The highest BCUT2D eigenvalue weighted by Crippen LogP contribution is 2.38. The van der Waals surface area contributed by atoms with E-state index < -0.39 is 22.4 Å². The van der Waals surface area contributed by atoms with E-state index in [1.807, 2.05) is 0 Å². The molecule has 5 nitrogen and oxygen atoms in total. The van der Waals surface area contributed by atoms with Gasteiger partial charge in [0.05, 0.1) is 16.7 Å². The third kappa shape index (κ3) is 3.91. The van der Waals surface area contributed by atoms with Crippen LogP contribution >= 0.6 is 0 Å². The van der Waals surface area contributed by atoms with Gasteiger partial charge in [-0.3, -0.25) is 5.10 Å². The van der Waals surface area contributed by atoms with E-state index >= 15 is 0 Å². The van der Waals surface area contributed by atoms with Crippen LogP contribution in [0.2, 0.25) is 0 Å². The average molecular weight is 392 g/mol. The van der Waals surface area contributed by atoms with E-state index in [1.165, 1.54) is 12.1 Å². The number of H-pyrrole nitrogens is 1. The zero-order valence-corrected chi connectivity index (χ0v) is 15.5. The Morgan fingerprint density at radius 1 is 1.00 bits per heavy atom. The summed E-state index contributed by atoms with van der Waals surface area (Å²) in [6.07, 6.45) is -2.35.